The molecular weight excluding hydrogens is 346 g/mol. The third-order valence-corrected chi connectivity index (χ3v) is 6.41. The normalized spacial score (nSPS) is 19.2. The van der Waals surface area contributed by atoms with Crippen molar-refractivity contribution in [2.24, 2.45) is 5.92 Å². The first-order valence-corrected chi connectivity index (χ1v) is 9.64. The summed E-state index contributed by atoms with van der Waals surface area (Å²) in [4.78, 5) is 16.1. The summed E-state index contributed by atoms with van der Waals surface area (Å²) in [5, 5.41) is 0. The zero-order valence-corrected chi connectivity index (χ0v) is 15.2. The van der Waals surface area contributed by atoms with Crippen LogP contribution in [0.25, 0.3) is 11.1 Å². The van der Waals surface area contributed by atoms with Gasteiger partial charge in [0.2, 0.25) is 10.0 Å². The zero-order valence-electron chi connectivity index (χ0n) is 14.4. The van der Waals surface area contributed by atoms with E-state index in [0.29, 0.717) is 30.2 Å². The Kier molecular flexibility index (Phi) is 5.28. The van der Waals surface area contributed by atoms with E-state index in [2.05, 4.69) is 9.88 Å². The van der Waals surface area contributed by atoms with Crippen LogP contribution < -0.4 is 5.76 Å². The van der Waals surface area contributed by atoms with Crippen LogP contribution in [0, 0.1) is 5.92 Å². The number of benzene rings is 1. The molecule has 1 aromatic heterocycles. The number of aromatic amines is 1. The molecule has 138 valence electrons. The Morgan fingerprint density at radius 3 is 3.00 bits per heavy atom. The number of hydrogen-bond acceptors (Lipinski definition) is 6. The predicted molar refractivity (Wildman–Crippen MR) is 93.1 cm³/mol. The maximum absolute atomic E-state index is 12.8. The lowest BCUT2D eigenvalue weighted by molar-refractivity contribution is 0.158. The molecule has 3 rings (SSSR count). The number of likely N-dealkylation sites (tertiary alicyclic amines) is 1. The lowest BCUT2D eigenvalue weighted by Gasteiger charge is -2.21. The summed E-state index contributed by atoms with van der Waals surface area (Å²) in [5.41, 5.74) is 0.724. The minimum atomic E-state index is -3.62. The van der Waals surface area contributed by atoms with E-state index in [0.717, 1.165) is 26.1 Å². The second kappa shape index (κ2) is 7.28. The summed E-state index contributed by atoms with van der Waals surface area (Å²) in [5.74, 6) is -0.297. The number of methoxy groups -OCH3 is 1. The molecule has 0 radical (unpaired) electrons. The van der Waals surface area contributed by atoms with Crippen molar-refractivity contribution in [2.75, 3.05) is 46.9 Å². The minimum absolute atomic E-state index is 0.147. The van der Waals surface area contributed by atoms with Gasteiger partial charge in [0, 0.05) is 33.8 Å². The summed E-state index contributed by atoms with van der Waals surface area (Å²) < 4.78 is 37.0. The molecule has 1 atom stereocenters. The van der Waals surface area contributed by atoms with Crippen molar-refractivity contribution in [3.63, 3.8) is 0 Å². The summed E-state index contributed by atoms with van der Waals surface area (Å²) in [6, 6.07) is 4.39. The molecule has 25 heavy (non-hydrogen) atoms. The first-order valence-electron chi connectivity index (χ1n) is 8.20. The smallest absolute Gasteiger partial charge is 0.408 e. The third kappa shape index (κ3) is 3.95. The molecule has 1 aromatic carbocycles. The molecule has 0 bridgehead atoms. The number of nitrogens with one attached hydrogen (secondary N) is 1. The SMILES string of the molecule is COCCN1CCC(CN(C)S(=O)(=O)c2ccc3oc(=O)[nH]c3c2)C1. The largest absolute Gasteiger partial charge is 0.417 e. The average molecular weight is 369 g/mol. The van der Waals surface area contributed by atoms with Crippen molar-refractivity contribution in [1.29, 1.82) is 0 Å². The standard InChI is InChI=1S/C16H23N3O5S/c1-18(10-12-5-6-19(11-12)7-8-23-2)25(21,22)13-3-4-15-14(9-13)17-16(20)24-15/h3-4,9,12H,5-8,10-11H2,1-2H3,(H,17,20). The van der Waals surface area contributed by atoms with E-state index < -0.39 is 15.8 Å². The first kappa shape index (κ1) is 18.1. The van der Waals surface area contributed by atoms with Crippen LogP contribution in [0.5, 0.6) is 0 Å². The monoisotopic (exact) mass is 369 g/mol. The average Bonchev–Trinajstić information content (AvgIpc) is 3.17. The second-order valence-corrected chi connectivity index (χ2v) is 8.45. The Labute approximate surface area is 146 Å². The highest BCUT2D eigenvalue weighted by Gasteiger charge is 2.28. The third-order valence-electron chi connectivity index (χ3n) is 4.60. The van der Waals surface area contributed by atoms with Gasteiger partial charge in [-0.05, 0) is 37.1 Å². The highest BCUT2D eigenvalue weighted by molar-refractivity contribution is 7.89. The fourth-order valence-corrected chi connectivity index (χ4v) is 4.49. The summed E-state index contributed by atoms with van der Waals surface area (Å²) in [6.07, 6.45) is 0.970. The zero-order chi connectivity index (χ0) is 18.0. The van der Waals surface area contributed by atoms with Crippen LogP contribution >= 0.6 is 0 Å². The number of ether oxygens (including phenoxy) is 1. The topological polar surface area (TPSA) is 95.8 Å². The lowest BCUT2D eigenvalue weighted by atomic mass is 10.1. The highest BCUT2D eigenvalue weighted by Crippen LogP contribution is 2.23. The lowest BCUT2D eigenvalue weighted by Crippen LogP contribution is -2.33. The van der Waals surface area contributed by atoms with Crippen LogP contribution in [-0.4, -0.2) is 69.6 Å². The van der Waals surface area contributed by atoms with Gasteiger partial charge in [0.15, 0.2) is 5.58 Å². The molecule has 9 heteroatoms. The Morgan fingerprint density at radius 1 is 1.44 bits per heavy atom. The Morgan fingerprint density at radius 2 is 2.24 bits per heavy atom. The molecule has 0 spiro atoms. The van der Waals surface area contributed by atoms with Crippen LogP contribution in [0.4, 0.5) is 0 Å². The molecule has 1 N–H and O–H groups in total. The molecule has 0 saturated carbocycles. The van der Waals surface area contributed by atoms with Crippen molar-refractivity contribution >= 4 is 21.1 Å². The molecule has 1 saturated heterocycles. The highest BCUT2D eigenvalue weighted by atomic mass is 32.2. The van der Waals surface area contributed by atoms with Crippen molar-refractivity contribution in [2.45, 2.75) is 11.3 Å². The molecule has 1 aliphatic rings. The number of sulfonamides is 1. The number of nitrogens with zero attached hydrogens (tertiary/aromatic N) is 2. The fraction of sp³-hybridized carbons (Fsp3) is 0.562. The molecule has 0 amide bonds. The maximum Gasteiger partial charge on any atom is 0.417 e. The molecule has 1 fully saturated rings. The number of aromatic nitrogens is 1. The van der Waals surface area contributed by atoms with Gasteiger partial charge in [-0.3, -0.25) is 4.98 Å². The van der Waals surface area contributed by atoms with Gasteiger partial charge in [0.1, 0.15) is 0 Å². The first-order chi connectivity index (χ1) is 11.9. The number of rotatable bonds is 7. The number of fused-ring (bicyclic) bond motifs is 1. The predicted octanol–water partition coefficient (Wildman–Crippen LogP) is 0.710. The quantitative estimate of drug-likeness (QED) is 0.772. The summed E-state index contributed by atoms with van der Waals surface area (Å²) in [6.45, 7) is 3.85. The van der Waals surface area contributed by atoms with E-state index in [4.69, 9.17) is 9.15 Å². The Balaban J connectivity index is 1.69. The van der Waals surface area contributed by atoms with Gasteiger partial charge in [-0.25, -0.2) is 17.5 Å². The van der Waals surface area contributed by atoms with Gasteiger partial charge in [0.25, 0.3) is 0 Å². The van der Waals surface area contributed by atoms with E-state index in [1.807, 2.05) is 0 Å². The maximum atomic E-state index is 12.8. The van der Waals surface area contributed by atoms with Crippen LogP contribution in [-0.2, 0) is 14.8 Å². The molecule has 2 heterocycles. The van der Waals surface area contributed by atoms with Gasteiger partial charge < -0.3 is 14.1 Å². The van der Waals surface area contributed by atoms with Gasteiger partial charge in [-0.1, -0.05) is 0 Å². The van der Waals surface area contributed by atoms with Gasteiger partial charge in [-0.2, -0.15) is 0 Å². The molecule has 1 aliphatic heterocycles. The number of oxazole rings is 1. The summed E-state index contributed by atoms with van der Waals surface area (Å²) in [7, 11) is -0.345. The van der Waals surface area contributed by atoms with Gasteiger partial charge in [0.05, 0.1) is 17.0 Å². The number of H-pyrrole nitrogens is 1. The minimum Gasteiger partial charge on any atom is -0.408 e. The fourth-order valence-electron chi connectivity index (χ4n) is 3.22. The van der Waals surface area contributed by atoms with Crippen molar-refractivity contribution < 1.29 is 17.6 Å². The summed E-state index contributed by atoms with van der Waals surface area (Å²) >= 11 is 0. The number of hydrogen-bond donors (Lipinski definition) is 1. The Bertz CT molecular complexity index is 889. The van der Waals surface area contributed by atoms with Crippen LogP contribution in [0.3, 0.4) is 0 Å². The second-order valence-electron chi connectivity index (χ2n) is 6.41. The van der Waals surface area contributed by atoms with Gasteiger partial charge in [-0.15, -0.1) is 0 Å². The van der Waals surface area contributed by atoms with Gasteiger partial charge >= 0.3 is 5.76 Å². The van der Waals surface area contributed by atoms with E-state index >= 15 is 0 Å². The van der Waals surface area contributed by atoms with Crippen molar-refractivity contribution in [3.05, 3.63) is 28.7 Å². The molecule has 0 aliphatic carbocycles. The van der Waals surface area contributed by atoms with E-state index in [9.17, 15) is 13.2 Å². The van der Waals surface area contributed by atoms with Crippen LogP contribution in [0.2, 0.25) is 0 Å². The molecule has 1 unspecified atom stereocenters. The van der Waals surface area contributed by atoms with Crippen molar-refractivity contribution in [1.82, 2.24) is 14.2 Å². The molecule has 2 aromatic rings. The van der Waals surface area contributed by atoms with E-state index in [-0.39, 0.29) is 4.90 Å². The van der Waals surface area contributed by atoms with E-state index in [1.54, 1.807) is 14.2 Å². The molecule has 8 nitrogen and oxygen atoms in total. The van der Waals surface area contributed by atoms with Crippen LogP contribution in [0.1, 0.15) is 6.42 Å². The van der Waals surface area contributed by atoms with Crippen molar-refractivity contribution in [3.8, 4) is 0 Å². The Hall–Kier alpha value is -1.68. The van der Waals surface area contributed by atoms with Crippen LogP contribution in [0.15, 0.2) is 32.3 Å². The van der Waals surface area contributed by atoms with E-state index in [1.165, 1.54) is 22.5 Å². The molecular formula is C16H23N3O5S.